The van der Waals surface area contributed by atoms with Crippen LogP contribution in [0.25, 0.3) is 0 Å². The molecule has 70 valence electrons. The van der Waals surface area contributed by atoms with Crippen LogP contribution in [0.2, 0.25) is 0 Å². The van der Waals surface area contributed by atoms with Crippen molar-refractivity contribution in [3.05, 3.63) is 35.6 Å². The third-order valence-corrected chi connectivity index (χ3v) is 2.46. The van der Waals surface area contributed by atoms with E-state index in [0.717, 1.165) is 12.2 Å². The number of rotatable bonds is 0. The normalized spacial score (nSPS) is 29.9. The molecule has 1 heterocycles. The quantitative estimate of drug-likeness (QED) is 0.550. The van der Waals surface area contributed by atoms with Gasteiger partial charge >= 0.3 is 0 Å². The summed E-state index contributed by atoms with van der Waals surface area (Å²) < 4.78 is 5.83. The van der Waals surface area contributed by atoms with E-state index in [2.05, 4.69) is 45.1 Å². The molecule has 0 bridgehead atoms. The van der Waals surface area contributed by atoms with Crippen LogP contribution in [0.1, 0.15) is 27.2 Å². The lowest BCUT2D eigenvalue weighted by Gasteiger charge is -2.31. The first-order chi connectivity index (χ1) is 6.07. The molecule has 0 saturated carbocycles. The predicted molar refractivity (Wildman–Crippen MR) is 54.3 cm³/mol. The molecule has 1 atom stereocenters. The van der Waals surface area contributed by atoms with Crippen molar-refractivity contribution in [2.45, 2.75) is 32.8 Å². The van der Waals surface area contributed by atoms with E-state index < -0.39 is 0 Å². The van der Waals surface area contributed by atoms with Crippen molar-refractivity contribution in [1.29, 1.82) is 0 Å². The van der Waals surface area contributed by atoms with E-state index in [1.54, 1.807) is 0 Å². The van der Waals surface area contributed by atoms with E-state index in [1.165, 1.54) is 5.57 Å². The van der Waals surface area contributed by atoms with Crippen LogP contribution in [-0.2, 0) is 4.74 Å². The second-order valence-corrected chi connectivity index (χ2v) is 4.44. The molecule has 2 rings (SSSR count). The molecule has 0 aromatic heterocycles. The van der Waals surface area contributed by atoms with Gasteiger partial charge in [0.2, 0.25) is 0 Å². The standard InChI is InChI=1S/C12H16O/c1-9-4-5-11-10(8-9)6-7-12(2,3)13-11/h5-9H,4H2,1-3H3. The summed E-state index contributed by atoms with van der Waals surface area (Å²) in [7, 11) is 0. The molecule has 2 aliphatic rings. The average molecular weight is 176 g/mol. The van der Waals surface area contributed by atoms with Gasteiger partial charge < -0.3 is 4.74 Å². The molecule has 0 aromatic rings. The van der Waals surface area contributed by atoms with E-state index >= 15 is 0 Å². The van der Waals surface area contributed by atoms with Gasteiger partial charge in [0.15, 0.2) is 0 Å². The Kier molecular flexibility index (Phi) is 1.83. The summed E-state index contributed by atoms with van der Waals surface area (Å²) in [5, 5.41) is 0. The molecule has 1 heteroatoms. The number of allylic oxidation sites excluding steroid dienone is 3. The van der Waals surface area contributed by atoms with Crippen molar-refractivity contribution in [2.24, 2.45) is 5.92 Å². The summed E-state index contributed by atoms with van der Waals surface area (Å²) >= 11 is 0. The minimum Gasteiger partial charge on any atom is -0.484 e. The van der Waals surface area contributed by atoms with Gasteiger partial charge in [-0.2, -0.15) is 0 Å². The maximum absolute atomic E-state index is 5.83. The van der Waals surface area contributed by atoms with Crippen molar-refractivity contribution in [3.63, 3.8) is 0 Å². The Morgan fingerprint density at radius 3 is 3.00 bits per heavy atom. The van der Waals surface area contributed by atoms with E-state index in [1.807, 2.05) is 0 Å². The van der Waals surface area contributed by atoms with Crippen molar-refractivity contribution >= 4 is 0 Å². The lowest BCUT2D eigenvalue weighted by Crippen LogP contribution is -2.25. The fourth-order valence-corrected chi connectivity index (χ4v) is 1.71. The number of fused-ring (bicyclic) bond motifs is 1. The summed E-state index contributed by atoms with van der Waals surface area (Å²) in [6.45, 7) is 6.40. The fourth-order valence-electron chi connectivity index (χ4n) is 1.71. The zero-order chi connectivity index (χ0) is 9.47. The highest BCUT2D eigenvalue weighted by Gasteiger charge is 2.24. The minimum absolute atomic E-state index is 0.135. The van der Waals surface area contributed by atoms with Gasteiger partial charge in [0, 0.05) is 5.57 Å². The lowest BCUT2D eigenvalue weighted by molar-refractivity contribution is 0.0775. The molecule has 1 aliphatic carbocycles. The molecule has 0 N–H and O–H groups in total. The molecule has 0 aromatic carbocycles. The fraction of sp³-hybridized carbons (Fsp3) is 0.500. The second kappa shape index (κ2) is 2.76. The minimum atomic E-state index is -0.135. The maximum atomic E-state index is 5.83. The average Bonchev–Trinajstić information content (AvgIpc) is 2.05. The summed E-state index contributed by atoms with van der Waals surface area (Å²) in [5.74, 6) is 1.71. The van der Waals surface area contributed by atoms with Crippen LogP contribution in [0.5, 0.6) is 0 Å². The monoisotopic (exact) mass is 176 g/mol. The summed E-state index contributed by atoms with van der Waals surface area (Å²) in [5.41, 5.74) is 1.11. The maximum Gasteiger partial charge on any atom is 0.123 e. The van der Waals surface area contributed by atoms with Crippen LogP contribution >= 0.6 is 0 Å². The van der Waals surface area contributed by atoms with Gasteiger partial charge in [0.1, 0.15) is 11.4 Å². The van der Waals surface area contributed by atoms with Gasteiger partial charge in [0.25, 0.3) is 0 Å². The van der Waals surface area contributed by atoms with Crippen LogP contribution in [-0.4, -0.2) is 5.60 Å². The highest BCUT2D eigenvalue weighted by Crippen LogP contribution is 2.32. The van der Waals surface area contributed by atoms with Crippen LogP contribution in [0.4, 0.5) is 0 Å². The Morgan fingerprint density at radius 1 is 1.46 bits per heavy atom. The number of ether oxygens (including phenoxy) is 1. The molecule has 0 amide bonds. The lowest BCUT2D eigenvalue weighted by atomic mass is 9.92. The molecule has 0 fully saturated rings. The number of hydrogen-bond donors (Lipinski definition) is 0. The highest BCUT2D eigenvalue weighted by atomic mass is 16.5. The zero-order valence-electron chi connectivity index (χ0n) is 8.50. The van der Waals surface area contributed by atoms with Gasteiger partial charge in [-0.25, -0.2) is 0 Å². The third-order valence-electron chi connectivity index (χ3n) is 2.46. The number of hydrogen-bond acceptors (Lipinski definition) is 1. The van der Waals surface area contributed by atoms with E-state index in [0.29, 0.717) is 5.92 Å². The van der Waals surface area contributed by atoms with Crippen molar-refractivity contribution in [3.8, 4) is 0 Å². The van der Waals surface area contributed by atoms with Gasteiger partial charge in [0.05, 0.1) is 0 Å². The molecule has 0 spiro atoms. The van der Waals surface area contributed by atoms with Crippen LogP contribution in [0.15, 0.2) is 35.6 Å². The topological polar surface area (TPSA) is 9.23 Å². The highest BCUT2D eigenvalue weighted by molar-refractivity contribution is 5.42. The Labute approximate surface area is 79.8 Å². The van der Waals surface area contributed by atoms with Crippen molar-refractivity contribution in [2.75, 3.05) is 0 Å². The smallest absolute Gasteiger partial charge is 0.123 e. The van der Waals surface area contributed by atoms with E-state index in [-0.39, 0.29) is 5.60 Å². The first-order valence-corrected chi connectivity index (χ1v) is 4.87. The van der Waals surface area contributed by atoms with Crippen molar-refractivity contribution in [1.82, 2.24) is 0 Å². The Balaban J connectivity index is 2.33. The van der Waals surface area contributed by atoms with Gasteiger partial charge in [-0.15, -0.1) is 0 Å². The van der Waals surface area contributed by atoms with Crippen LogP contribution in [0, 0.1) is 5.92 Å². The summed E-state index contributed by atoms with van der Waals surface area (Å²) in [6.07, 6.45) is 9.87. The largest absolute Gasteiger partial charge is 0.484 e. The zero-order valence-corrected chi connectivity index (χ0v) is 8.50. The molecule has 1 unspecified atom stereocenters. The van der Waals surface area contributed by atoms with Gasteiger partial charge in [-0.3, -0.25) is 0 Å². The van der Waals surface area contributed by atoms with Gasteiger partial charge in [-0.1, -0.05) is 19.1 Å². The molecular formula is C12H16O. The molecular weight excluding hydrogens is 160 g/mol. The molecule has 0 radical (unpaired) electrons. The first kappa shape index (κ1) is 8.61. The predicted octanol–water partition coefficient (Wildman–Crippen LogP) is 3.20. The molecule has 0 saturated heterocycles. The Morgan fingerprint density at radius 2 is 2.23 bits per heavy atom. The Bertz CT molecular complexity index is 305. The second-order valence-electron chi connectivity index (χ2n) is 4.44. The third kappa shape index (κ3) is 1.69. The van der Waals surface area contributed by atoms with E-state index in [9.17, 15) is 0 Å². The molecule has 1 aliphatic heterocycles. The van der Waals surface area contributed by atoms with Crippen molar-refractivity contribution < 1.29 is 4.74 Å². The SMILES string of the molecule is CC1C=C2C=CC(C)(C)OC2=CC1. The molecule has 13 heavy (non-hydrogen) atoms. The Hall–Kier alpha value is -0.980. The van der Waals surface area contributed by atoms with Crippen LogP contribution in [0.3, 0.4) is 0 Å². The van der Waals surface area contributed by atoms with E-state index in [4.69, 9.17) is 4.74 Å². The first-order valence-electron chi connectivity index (χ1n) is 4.87. The summed E-state index contributed by atoms with van der Waals surface area (Å²) in [6, 6.07) is 0. The van der Waals surface area contributed by atoms with Gasteiger partial charge in [-0.05, 0) is 38.3 Å². The van der Waals surface area contributed by atoms with Crippen LogP contribution < -0.4 is 0 Å². The summed E-state index contributed by atoms with van der Waals surface area (Å²) in [4.78, 5) is 0. The molecule has 1 nitrogen and oxygen atoms in total.